The van der Waals surface area contributed by atoms with Gasteiger partial charge in [-0.15, -0.1) is 0 Å². The van der Waals surface area contributed by atoms with E-state index in [1.807, 2.05) is 0 Å². The Bertz CT molecular complexity index is 1060. The molecule has 0 spiro atoms. The maximum Gasteiger partial charge on any atom is 0.416 e. The SMILES string of the molecule is Cc1nn(-c2c(Cl)cc(C(F)(F)F)cc2Cl)c(Cl)c1C=NC(C#N)=C(N)C#N. The number of aromatic nitrogens is 2. The van der Waals surface area contributed by atoms with E-state index in [1.165, 1.54) is 0 Å². The van der Waals surface area contributed by atoms with Gasteiger partial charge in [0.1, 0.15) is 28.7 Å². The Morgan fingerprint density at radius 3 is 2.25 bits per heavy atom. The third kappa shape index (κ3) is 4.23. The second-order valence-electron chi connectivity index (χ2n) is 5.23. The fourth-order valence-electron chi connectivity index (χ4n) is 2.08. The lowest BCUT2D eigenvalue weighted by molar-refractivity contribution is -0.137. The van der Waals surface area contributed by atoms with E-state index >= 15 is 0 Å². The molecular formula is C16H8Cl3F3N6. The van der Waals surface area contributed by atoms with Crippen molar-refractivity contribution in [3.8, 4) is 17.8 Å². The fraction of sp³-hybridized carbons (Fsp3) is 0.125. The van der Waals surface area contributed by atoms with Gasteiger partial charge in [-0.1, -0.05) is 34.8 Å². The lowest BCUT2D eigenvalue weighted by atomic mass is 10.2. The van der Waals surface area contributed by atoms with E-state index in [9.17, 15) is 13.2 Å². The minimum absolute atomic E-state index is 0.0586. The van der Waals surface area contributed by atoms with E-state index in [2.05, 4.69) is 10.1 Å². The van der Waals surface area contributed by atoms with Crippen LogP contribution >= 0.6 is 34.8 Å². The smallest absolute Gasteiger partial charge is 0.388 e. The zero-order chi connectivity index (χ0) is 21.2. The molecule has 0 bridgehead atoms. The van der Waals surface area contributed by atoms with Crippen LogP contribution in [0.2, 0.25) is 15.2 Å². The molecule has 0 radical (unpaired) electrons. The first kappa shape index (κ1) is 21.6. The molecule has 1 aromatic carbocycles. The van der Waals surface area contributed by atoms with Gasteiger partial charge in [0.15, 0.2) is 5.70 Å². The first-order valence-corrected chi connectivity index (χ1v) is 8.30. The van der Waals surface area contributed by atoms with Crippen LogP contribution < -0.4 is 5.73 Å². The van der Waals surface area contributed by atoms with E-state index in [-0.39, 0.29) is 32.1 Å². The molecule has 0 aliphatic rings. The molecule has 0 saturated heterocycles. The summed E-state index contributed by atoms with van der Waals surface area (Å²) in [5.74, 6) is 0. The summed E-state index contributed by atoms with van der Waals surface area (Å²) in [4.78, 5) is 3.80. The Kier molecular flexibility index (Phi) is 6.25. The highest BCUT2D eigenvalue weighted by Gasteiger charge is 2.32. The van der Waals surface area contributed by atoms with Crippen molar-refractivity contribution in [2.45, 2.75) is 13.1 Å². The summed E-state index contributed by atoms with van der Waals surface area (Å²) in [7, 11) is 0. The van der Waals surface area contributed by atoms with Crippen LogP contribution in [0.15, 0.2) is 28.5 Å². The monoisotopic (exact) mass is 446 g/mol. The van der Waals surface area contributed by atoms with Gasteiger partial charge in [-0.05, 0) is 19.1 Å². The van der Waals surface area contributed by atoms with Crippen molar-refractivity contribution in [3.05, 3.63) is 55.5 Å². The number of hydrogen-bond donors (Lipinski definition) is 1. The van der Waals surface area contributed by atoms with E-state index < -0.39 is 17.4 Å². The highest BCUT2D eigenvalue weighted by molar-refractivity contribution is 6.38. The number of aryl methyl sites for hydroxylation is 1. The number of rotatable bonds is 3. The normalized spacial score (nSPS) is 12.6. The van der Waals surface area contributed by atoms with Gasteiger partial charge in [0, 0.05) is 6.21 Å². The van der Waals surface area contributed by atoms with Gasteiger partial charge in [-0.2, -0.15) is 28.8 Å². The first-order valence-electron chi connectivity index (χ1n) is 7.17. The second-order valence-corrected chi connectivity index (χ2v) is 6.40. The van der Waals surface area contributed by atoms with E-state index in [4.69, 9.17) is 51.1 Å². The number of benzene rings is 1. The molecular weight excluding hydrogens is 440 g/mol. The highest BCUT2D eigenvalue weighted by atomic mass is 35.5. The molecule has 12 heteroatoms. The maximum atomic E-state index is 12.9. The molecule has 144 valence electrons. The number of nitrogens with two attached hydrogens (primary N) is 1. The van der Waals surface area contributed by atoms with E-state index in [0.717, 1.165) is 10.9 Å². The third-order valence-electron chi connectivity index (χ3n) is 3.41. The molecule has 0 aliphatic carbocycles. The van der Waals surface area contributed by atoms with Gasteiger partial charge in [-0.3, -0.25) is 0 Å². The summed E-state index contributed by atoms with van der Waals surface area (Å²) in [6.07, 6.45) is -3.48. The van der Waals surface area contributed by atoms with Crippen LogP contribution in [0.4, 0.5) is 13.2 Å². The molecule has 0 fully saturated rings. The largest absolute Gasteiger partial charge is 0.416 e. The Morgan fingerprint density at radius 2 is 1.79 bits per heavy atom. The summed E-state index contributed by atoms with van der Waals surface area (Å²) in [6.45, 7) is 1.54. The van der Waals surface area contributed by atoms with Crippen molar-refractivity contribution in [2.75, 3.05) is 0 Å². The molecule has 0 amide bonds. The fourth-order valence-corrected chi connectivity index (χ4v) is 3.03. The molecule has 1 aromatic heterocycles. The van der Waals surface area contributed by atoms with Gasteiger partial charge >= 0.3 is 6.18 Å². The van der Waals surface area contributed by atoms with Gasteiger partial charge in [0.05, 0.1) is 26.9 Å². The van der Waals surface area contributed by atoms with Gasteiger partial charge in [0.2, 0.25) is 0 Å². The van der Waals surface area contributed by atoms with E-state index in [1.54, 1.807) is 19.1 Å². The lowest BCUT2D eigenvalue weighted by Crippen LogP contribution is -2.07. The quantitative estimate of drug-likeness (QED) is 0.539. The zero-order valence-electron chi connectivity index (χ0n) is 13.8. The Balaban J connectivity index is 2.60. The maximum absolute atomic E-state index is 12.9. The number of allylic oxidation sites excluding steroid dienone is 2. The van der Waals surface area contributed by atoms with Gasteiger partial charge in [0.25, 0.3) is 0 Å². The van der Waals surface area contributed by atoms with E-state index in [0.29, 0.717) is 17.8 Å². The predicted molar refractivity (Wildman–Crippen MR) is 98.4 cm³/mol. The van der Waals surface area contributed by atoms with Crippen LogP contribution in [0.5, 0.6) is 0 Å². The first-order chi connectivity index (χ1) is 13.0. The average molecular weight is 448 g/mol. The minimum atomic E-state index is -4.63. The van der Waals surface area contributed by atoms with Crippen molar-refractivity contribution >= 4 is 41.0 Å². The number of alkyl halides is 3. The summed E-state index contributed by atoms with van der Waals surface area (Å²) in [6, 6.07) is 4.64. The summed E-state index contributed by atoms with van der Waals surface area (Å²) < 4.78 is 39.7. The molecule has 6 nitrogen and oxygen atoms in total. The minimum Gasteiger partial charge on any atom is -0.388 e. The molecule has 0 aliphatic heterocycles. The molecule has 2 rings (SSSR count). The number of hydrogen-bond acceptors (Lipinski definition) is 5. The van der Waals surface area contributed by atoms with Crippen molar-refractivity contribution in [1.29, 1.82) is 10.5 Å². The molecule has 0 saturated carbocycles. The Labute approximate surface area is 171 Å². The zero-order valence-corrected chi connectivity index (χ0v) is 16.1. The second kappa shape index (κ2) is 8.11. The number of nitrogens with zero attached hydrogens (tertiary/aromatic N) is 5. The standard InChI is InChI=1S/C16H8Cl3F3N6/c1-7-9(6-26-13(5-24)12(25)4-23)15(19)28(27-7)14-10(17)2-8(3-11(14)18)16(20,21)22/h2-3,6H,25H2,1H3. The van der Waals surface area contributed by atoms with Crippen LogP contribution in [-0.4, -0.2) is 16.0 Å². The predicted octanol–water partition coefficient (Wildman–Crippen LogP) is 4.80. The number of aliphatic imine (C=N–C) groups is 1. The summed E-state index contributed by atoms with van der Waals surface area (Å²) in [5.41, 5.74) is 4.08. The van der Waals surface area contributed by atoms with Gasteiger partial charge < -0.3 is 5.73 Å². The summed E-state index contributed by atoms with van der Waals surface area (Å²) in [5, 5.41) is 21.1. The average Bonchev–Trinajstić information content (AvgIpc) is 2.88. The van der Waals surface area contributed by atoms with Crippen LogP contribution in [0.25, 0.3) is 5.69 Å². The lowest BCUT2D eigenvalue weighted by Gasteiger charge is -2.13. The number of halogens is 6. The van der Waals surface area contributed by atoms with Crippen LogP contribution in [0.3, 0.4) is 0 Å². The van der Waals surface area contributed by atoms with Crippen LogP contribution in [0, 0.1) is 29.6 Å². The molecule has 0 atom stereocenters. The molecule has 28 heavy (non-hydrogen) atoms. The third-order valence-corrected chi connectivity index (χ3v) is 4.35. The molecule has 2 aromatic rings. The van der Waals surface area contributed by atoms with Crippen molar-refractivity contribution in [2.24, 2.45) is 10.7 Å². The van der Waals surface area contributed by atoms with Crippen LogP contribution in [-0.2, 0) is 6.18 Å². The van der Waals surface area contributed by atoms with Crippen LogP contribution in [0.1, 0.15) is 16.8 Å². The van der Waals surface area contributed by atoms with Crippen molar-refractivity contribution < 1.29 is 13.2 Å². The van der Waals surface area contributed by atoms with Crippen molar-refractivity contribution in [3.63, 3.8) is 0 Å². The topological polar surface area (TPSA) is 104 Å². The Hall–Kier alpha value is -2.72. The van der Waals surface area contributed by atoms with Gasteiger partial charge in [-0.25, -0.2) is 9.67 Å². The molecule has 0 unspecified atom stereocenters. The summed E-state index contributed by atoms with van der Waals surface area (Å²) >= 11 is 18.2. The molecule has 1 heterocycles. The highest BCUT2D eigenvalue weighted by Crippen LogP contribution is 2.38. The number of nitriles is 2. The molecule has 2 N–H and O–H groups in total. The Morgan fingerprint density at radius 1 is 1.21 bits per heavy atom. The van der Waals surface area contributed by atoms with Crippen molar-refractivity contribution in [1.82, 2.24) is 9.78 Å².